The summed E-state index contributed by atoms with van der Waals surface area (Å²) in [7, 11) is 0. The number of hydrogen-bond donors (Lipinski definition) is 1. The van der Waals surface area contributed by atoms with E-state index >= 15 is 0 Å². The van der Waals surface area contributed by atoms with Crippen molar-refractivity contribution in [2.75, 3.05) is 19.6 Å². The molecule has 1 aromatic carbocycles. The second kappa shape index (κ2) is 6.35. The van der Waals surface area contributed by atoms with Crippen LogP contribution in [0.15, 0.2) is 24.3 Å². The zero-order chi connectivity index (χ0) is 13.8. The maximum absolute atomic E-state index is 10.2. The van der Waals surface area contributed by atoms with E-state index in [0.717, 1.165) is 18.7 Å². The monoisotopic (exact) mass is 249 g/mol. The quantitative estimate of drug-likeness (QED) is 0.865. The van der Waals surface area contributed by atoms with Crippen molar-refractivity contribution in [3.8, 4) is 0 Å². The summed E-state index contributed by atoms with van der Waals surface area (Å²) in [4.78, 5) is 2.24. The molecule has 2 nitrogen and oxygen atoms in total. The third-order valence-corrected chi connectivity index (χ3v) is 3.49. The Hall–Kier alpha value is -0.860. The largest absolute Gasteiger partial charge is 0.387 e. The highest BCUT2D eigenvalue weighted by Gasteiger charge is 2.15. The summed E-state index contributed by atoms with van der Waals surface area (Å²) in [6.45, 7) is 13.5. The first-order valence-electron chi connectivity index (χ1n) is 6.89. The molecule has 0 radical (unpaired) electrons. The Morgan fingerprint density at radius 3 is 1.94 bits per heavy atom. The van der Waals surface area contributed by atoms with Gasteiger partial charge in [0.15, 0.2) is 0 Å². The van der Waals surface area contributed by atoms with E-state index in [2.05, 4.69) is 63.8 Å². The molecular formula is C16H27NO. The number of aliphatic hydroxyl groups is 1. The molecule has 0 fully saturated rings. The van der Waals surface area contributed by atoms with Gasteiger partial charge in [0.1, 0.15) is 0 Å². The predicted octanol–water partition coefficient (Wildman–Crippen LogP) is 3.36. The van der Waals surface area contributed by atoms with Crippen molar-refractivity contribution in [2.45, 2.75) is 46.1 Å². The third kappa shape index (κ3) is 4.11. The Kier molecular flexibility index (Phi) is 5.36. The van der Waals surface area contributed by atoms with Crippen LogP contribution in [0, 0.1) is 0 Å². The number of benzene rings is 1. The summed E-state index contributed by atoms with van der Waals surface area (Å²) in [6.07, 6.45) is -0.390. The Morgan fingerprint density at radius 1 is 1.06 bits per heavy atom. The average Bonchev–Trinajstić information content (AvgIpc) is 2.34. The van der Waals surface area contributed by atoms with Gasteiger partial charge < -0.3 is 10.0 Å². The molecule has 1 N–H and O–H groups in total. The van der Waals surface area contributed by atoms with Crippen molar-refractivity contribution in [3.63, 3.8) is 0 Å². The van der Waals surface area contributed by atoms with Crippen molar-refractivity contribution >= 4 is 0 Å². The summed E-state index contributed by atoms with van der Waals surface area (Å²) < 4.78 is 0. The van der Waals surface area contributed by atoms with Crippen molar-refractivity contribution in [2.24, 2.45) is 0 Å². The number of hydrogen-bond acceptors (Lipinski definition) is 2. The maximum atomic E-state index is 10.2. The molecule has 0 saturated carbocycles. The first kappa shape index (κ1) is 15.2. The summed E-state index contributed by atoms with van der Waals surface area (Å²) in [6, 6.07) is 8.35. The van der Waals surface area contributed by atoms with Crippen LogP contribution in [0.25, 0.3) is 0 Å². The molecule has 0 aliphatic carbocycles. The first-order chi connectivity index (χ1) is 8.38. The molecule has 1 atom stereocenters. The minimum Gasteiger partial charge on any atom is -0.387 e. The molecule has 102 valence electrons. The van der Waals surface area contributed by atoms with Crippen LogP contribution in [0.3, 0.4) is 0 Å². The number of nitrogens with zero attached hydrogens (tertiary/aromatic N) is 1. The Morgan fingerprint density at radius 2 is 1.56 bits per heavy atom. The lowest BCUT2D eigenvalue weighted by Gasteiger charge is -2.23. The molecule has 0 heterocycles. The number of rotatable bonds is 5. The van der Waals surface area contributed by atoms with Gasteiger partial charge in [0.2, 0.25) is 0 Å². The van der Waals surface area contributed by atoms with E-state index in [1.165, 1.54) is 5.56 Å². The van der Waals surface area contributed by atoms with Crippen molar-refractivity contribution in [1.82, 2.24) is 4.90 Å². The molecule has 0 aromatic heterocycles. The summed E-state index contributed by atoms with van der Waals surface area (Å²) in [5.74, 6) is 0. The molecule has 0 spiro atoms. The molecule has 1 unspecified atom stereocenters. The lowest BCUT2D eigenvalue weighted by atomic mass is 9.86. The zero-order valence-electron chi connectivity index (χ0n) is 12.4. The topological polar surface area (TPSA) is 23.5 Å². The standard InChI is InChI=1S/C16H27NO/c1-6-17(7-2)12-15(18)13-8-10-14(11-9-13)16(3,4)5/h8-11,15,18H,6-7,12H2,1-5H3. The SMILES string of the molecule is CCN(CC)CC(O)c1ccc(C(C)(C)C)cc1. The minimum absolute atomic E-state index is 0.169. The van der Waals surface area contributed by atoms with E-state index in [0.29, 0.717) is 6.54 Å². The van der Waals surface area contributed by atoms with Gasteiger partial charge in [-0.25, -0.2) is 0 Å². The highest BCUT2D eigenvalue weighted by molar-refractivity contribution is 5.28. The van der Waals surface area contributed by atoms with Gasteiger partial charge >= 0.3 is 0 Å². The molecule has 0 aliphatic heterocycles. The fraction of sp³-hybridized carbons (Fsp3) is 0.625. The molecule has 0 aliphatic rings. The van der Waals surface area contributed by atoms with Crippen LogP contribution in [-0.4, -0.2) is 29.6 Å². The van der Waals surface area contributed by atoms with E-state index < -0.39 is 0 Å². The lowest BCUT2D eigenvalue weighted by Crippen LogP contribution is -2.28. The second-order valence-corrected chi connectivity index (χ2v) is 5.87. The van der Waals surface area contributed by atoms with Gasteiger partial charge in [-0.2, -0.15) is 0 Å². The summed E-state index contributed by atoms with van der Waals surface area (Å²) >= 11 is 0. The second-order valence-electron chi connectivity index (χ2n) is 5.87. The minimum atomic E-state index is -0.390. The van der Waals surface area contributed by atoms with Crippen molar-refractivity contribution in [3.05, 3.63) is 35.4 Å². The number of likely N-dealkylation sites (N-methyl/N-ethyl adjacent to an activating group) is 1. The van der Waals surface area contributed by atoms with Gasteiger partial charge in [0.25, 0.3) is 0 Å². The van der Waals surface area contributed by atoms with Crippen molar-refractivity contribution < 1.29 is 5.11 Å². The van der Waals surface area contributed by atoms with E-state index in [1.807, 2.05) is 0 Å². The number of aliphatic hydroxyl groups excluding tert-OH is 1. The maximum Gasteiger partial charge on any atom is 0.0916 e. The highest BCUT2D eigenvalue weighted by atomic mass is 16.3. The molecule has 2 heteroatoms. The lowest BCUT2D eigenvalue weighted by molar-refractivity contribution is 0.119. The first-order valence-corrected chi connectivity index (χ1v) is 6.89. The van der Waals surface area contributed by atoms with Crippen LogP contribution < -0.4 is 0 Å². The Labute approximate surface area is 112 Å². The van der Waals surface area contributed by atoms with Gasteiger partial charge in [0, 0.05) is 6.54 Å². The van der Waals surface area contributed by atoms with Gasteiger partial charge in [0.05, 0.1) is 6.10 Å². The molecule has 0 bridgehead atoms. The normalized spacial score (nSPS) is 13.9. The van der Waals surface area contributed by atoms with Crippen molar-refractivity contribution in [1.29, 1.82) is 0 Å². The van der Waals surface area contributed by atoms with E-state index in [1.54, 1.807) is 0 Å². The van der Waals surface area contributed by atoms with Gasteiger partial charge in [-0.05, 0) is 29.6 Å². The van der Waals surface area contributed by atoms with Crippen LogP contribution in [0.1, 0.15) is 51.8 Å². The van der Waals surface area contributed by atoms with Gasteiger partial charge in [-0.3, -0.25) is 0 Å². The Bertz CT molecular complexity index is 346. The van der Waals surface area contributed by atoms with Crippen LogP contribution in [-0.2, 0) is 5.41 Å². The Balaban J connectivity index is 2.73. The molecule has 1 aromatic rings. The third-order valence-electron chi connectivity index (χ3n) is 3.49. The van der Waals surface area contributed by atoms with Crippen LogP contribution in [0.2, 0.25) is 0 Å². The predicted molar refractivity (Wildman–Crippen MR) is 77.9 cm³/mol. The van der Waals surface area contributed by atoms with Crippen LogP contribution in [0.5, 0.6) is 0 Å². The van der Waals surface area contributed by atoms with E-state index in [4.69, 9.17) is 0 Å². The van der Waals surface area contributed by atoms with Gasteiger partial charge in [-0.1, -0.05) is 58.9 Å². The van der Waals surface area contributed by atoms with Gasteiger partial charge in [-0.15, -0.1) is 0 Å². The van der Waals surface area contributed by atoms with Crippen LogP contribution in [0.4, 0.5) is 0 Å². The molecule has 0 amide bonds. The highest BCUT2D eigenvalue weighted by Crippen LogP contribution is 2.24. The van der Waals surface area contributed by atoms with E-state index in [9.17, 15) is 5.11 Å². The fourth-order valence-corrected chi connectivity index (χ4v) is 2.04. The molecule has 18 heavy (non-hydrogen) atoms. The smallest absolute Gasteiger partial charge is 0.0916 e. The van der Waals surface area contributed by atoms with E-state index in [-0.39, 0.29) is 11.5 Å². The van der Waals surface area contributed by atoms with Crippen LogP contribution >= 0.6 is 0 Å². The fourth-order valence-electron chi connectivity index (χ4n) is 2.04. The summed E-state index contributed by atoms with van der Waals surface area (Å²) in [5, 5.41) is 10.2. The molecule has 1 rings (SSSR count). The zero-order valence-corrected chi connectivity index (χ0v) is 12.4. The summed E-state index contributed by atoms with van der Waals surface area (Å²) in [5.41, 5.74) is 2.48. The molecular weight excluding hydrogens is 222 g/mol. The molecule has 0 saturated heterocycles. The average molecular weight is 249 g/mol.